The van der Waals surface area contributed by atoms with Crippen LogP contribution in [0.1, 0.15) is 17.5 Å². The fourth-order valence-corrected chi connectivity index (χ4v) is 2.44. The van der Waals surface area contributed by atoms with Gasteiger partial charge in [-0.1, -0.05) is 30.4 Å². The molecule has 1 aromatic carbocycles. The molecular weight excluding hydrogens is 350 g/mol. The molecule has 3 nitrogen and oxygen atoms in total. The Morgan fingerprint density at radius 1 is 1.04 bits per heavy atom. The van der Waals surface area contributed by atoms with Gasteiger partial charge in [0.05, 0.1) is 0 Å². The first-order valence-electron chi connectivity index (χ1n) is 6.00. The van der Waals surface area contributed by atoms with Crippen LogP contribution >= 0.6 is 0 Å². The van der Waals surface area contributed by atoms with Crippen molar-refractivity contribution < 1.29 is 38.9 Å². The van der Waals surface area contributed by atoms with Gasteiger partial charge >= 0.3 is 21.8 Å². The molecule has 126 valence electrons. The van der Waals surface area contributed by atoms with E-state index in [9.17, 15) is 34.8 Å². The number of hydrogen-bond acceptors (Lipinski definition) is 3. The third kappa shape index (κ3) is 3.52. The standard InChI is InChI=1S/C13H8F6O3S/c14-12(15,16)11-9(8-4-1-2-5-8)6-3-7-10(11)22-23(20,21)13(17,18)19/h1-4,6-7H,5H2. The van der Waals surface area contributed by atoms with Gasteiger partial charge in [0.2, 0.25) is 0 Å². The van der Waals surface area contributed by atoms with Crippen LogP contribution in [0.25, 0.3) is 5.57 Å². The lowest BCUT2D eigenvalue weighted by Crippen LogP contribution is -2.29. The fourth-order valence-electron chi connectivity index (χ4n) is 1.97. The molecule has 10 heteroatoms. The van der Waals surface area contributed by atoms with Crippen molar-refractivity contribution in [3.63, 3.8) is 0 Å². The van der Waals surface area contributed by atoms with Crippen LogP contribution in [0.5, 0.6) is 5.75 Å². The Bertz CT molecular complexity index is 772. The van der Waals surface area contributed by atoms with Gasteiger partial charge in [-0.15, -0.1) is 0 Å². The van der Waals surface area contributed by atoms with Gasteiger partial charge in [-0.3, -0.25) is 0 Å². The lowest BCUT2D eigenvalue weighted by molar-refractivity contribution is -0.138. The second kappa shape index (κ2) is 5.59. The van der Waals surface area contributed by atoms with Crippen LogP contribution in [0, 0.1) is 0 Å². The molecule has 23 heavy (non-hydrogen) atoms. The largest absolute Gasteiger partial charge is 0.534 e. The summed E-state index contributed by atoms with van der Waals surface area (Å²) in [6, 6.07) is 2.55. The molecule has 2 rings (SSSR count). The van der Waals surface area contributed by atoms with Gasteiger partial charge in [-0.05, 0) is 23.6 Å². The summed E-state index contributed by atoms with van der Waals surface area (Å²) in [6.07, 6.45) is -0.577. The predicted octanol–water partition coefficient (Wildman–Crippen LogP) is 4.28. The maximum absolute atomic E-state index is 13.2. The SMILES string of the molecule is O=S(=O)(Oc1cccc(C2=CC=CC2)c1C(F)(F)F)C(F)(F)F. The van der Waals surface area contributed by atoms with Gasteiger partial charge in [0, 0.05) is 0 Å². The molecule has 0 spiro atoms. The van der Waals surface area contributed by atoms with E-state index in [-0.39, 0.29) is 12.0 Å². The van der Waals surface area contributed by atoms with E-state index in [0.29, 0.717) is 6.07 Å². The van der Waals surface area contributed by atoms with Crippen molar-refractivity contribution in [2.24, 2.45) is 0 Å². The molecule has 0 aliphatic heterocycles. The lowest BCUT2D eigenvalue weighted by Gasteiger charge is -2.18. The molecule has 0 unspecified atom stereocenters. The third-order valence-electron chi connectivity index (χ3n) is 2.91. The molecule has 0 heterocycles. The highest BCUT2D eigenvalue weighted by molar-refractivity contribution is 7.88. The second-order valence-electron chi connectivity index (χ2n) is 4.48. The summed E-state index contributed by atoms with van der Waals surface area (Å²) >= 11 is 0. The van der Waals surface area contributed by atoms with Crippen molar-refractivity contribution in [2.75, 3.05) is 0 Å². The number of rotatable bonds is 3. The zero-order chi connectivity index (χ0) is 17.5. The predicted molar refractivity (Wildman–Crippen MR) is 68.8 cm³/mol. The topological polar surface area (TPSA) is 43.4 Å². The van der Waals surface area contributed by atoms with Crippen LogP contribution in [0.2, 0.25) is 0 Å². The quantitative estimate of drug-likeness (QED) is 0.460. The van der Waals surface area contributed by atoms with Crippen molar-refractivity contribution in [1.29, 1.82) is 0 Å². The number of hydrogen-bond donors (Lipinski definition) is 0. The first-order chi connectivity index (χ1) is 10.4. The highest BCUT2D eigenvalue weighted by Gasteiger charge is 2.50. The van der Waals surface area contributed by atoms with E-state index in [1.54, 1.807) is 6.08 Å². The van der Waals surface area contributed by atoms with E-state index in [1.165, 1.54) is 12.2 Å². The van der Waals surface area contributed by atoms with Gasteiger partial charge in [0.15, 0.2) is 5.75 Å². The summed E-state index contributed by atoms with van der Waals surface area (Å²) in [5.41, 5.74) is -7.65. The van der Waals surface area contributed by atoms with Gasteiger partial charge in [-0.25, -0.2) is 0 Å². The minimum absolute atomic E-state index is 0.137. The summed E-state index contributed by atoms with van der Waals surface area (Å²) in [5.74, 6) is -1.42. The van der Waals surface area contributed by atoms with E-state index < -0.39 is 38.7 Å². The van der Waals surface area contributed by atoms with E-state index in [0.717, 1.165) is 12.1 Å². The molecule has 0 radical (unpaired) electrons. The minimum Gasteiger partial charge on any atom is -0.375 e. The lowest BCUT2D eigenvalue weighted by atomic mass is 9.98. The molecule has 0 saturated carbocycles. The highest BCUT2D eigenvalue weighted by atomic mass is 32.2. The molecule has 0 amide bonds. The Morgan fingerprint density at radius 2 is 1.70 bits per heavy atom. The fraction of sp³-hybridized carbons (Fsp3) is 0.231. The monoisotopic (exact) mass is 358 g/mol. The summed E-state index contributed by atoms with van der Waals surface area (Å²) in [7, 11) is -6.21. The highest BCUT2D eigenvalue weighted by Crippen LogP contribution is 2.43. The van der Waals surface area contributed by atoms with Gasteiger partial charge < -0.3 is 4.18 Å². The number of alkyl halides is 6. The molecule has 0 bridgehead atoms. The number of allylic oxidation sites excluding steroid dienone is 4. The molecule has 0 N–H and O–H groups in total. The van der Waals surface area contributed by atoms with Crippen LogP contribution in [-0.4, -0.2) is 13.9 Å². The normalized spacial score (nSPS) is 15.7. The molecule has 0 aromatic heterocycles. The van der Waals surface area contributed by atoms with Crippen molar-refractivity contribution in [1.82, 2.24) is 0 Å². The molecular formula is C13H8F6O3S. The third-order valence-corrected chi connectivity index (χ3v) is 3.88. The molecule has 1 aromatic rings. The van der Waals surface area contributed by atoms with Gasteiger partial charge in [0.25, 0.3) is 0 Å². The van der Waals surface area contributed by atoms with Crippen LogP contribution in [0.15, 0.2) is 36.4 Å². The van der Waals surface area contributed by atoms with E-state index in [1.807, 2.05) is 0 Å². The van der Waals surface area contributed by atoms with Crippen LogP contribution in [-0.2, 0) is 16.3 Å². The zero-order valence-electron chi connectivity index (χ0n) is 11.1. The molecule has 0 atom stereocenters. The van der Waals surface area contributed by atoms with Crippen LogP contribution < -0.4 is 4.18 Å². The number of halogens is 6. The average Bonchev–Trinajstić information content (AvgIpc) is 2.88. The minimum atomic E-state index is -6.21. The maximum atomic E-state index is 13.2. The average molecular weight is 358 g/mol. The Kier molecular flexibility index (Phi) is 4.22. The molecule has 1 aliphatic carbocycles. The first kappa shape index (κ1) is 17.4. The van der Waals surface area contributed by atoms with E-state index in [4.69, 9.17) is 0 Å². The second-order valence-corrected chi connectivity index (χ2v) is 6.02. The zero-order valence-corrected chi connectivity index (χ0v) is 11.9. The summed E-state index contributed by atoms with van der Waals surface area (Å²) < 4.78 is 102. The smallest absolute Gasteiger partial charge is 0.375 e. The molecule has 0 saturated heterocycles. The Labute approximate surface area is 127 Å². The van der Waals surface area contributed by atoms with Crippen LogP contribution in [0.3, 0.4) is 0 Å². The Hall–Kier alpha value is -1.97. The van der Waals surface area contributed by atoms with E-state index >= 15 is 0 Å². The summed E-state index contributed by atoms with van der Waals surface area (Å²) in [5, 5.41) is 0. The molecule has 1 aliphatic rings. The first-order valence-corrected chi connectivity index (χ1v) is 7.41. The molecule has 0 fully saturated rings. The number of benzene rings is 1. The van der Waals surface area contributed by atoms with Crippen molar-refractivity contribution in [3.05, 3.63) is 47.6 Å². The summed E-state index contributed by atoms with van der Waals surface area (Å²) in [6.45, 7) is 0. The van der Waals surface area contributed by atoms with Crippen molar-refractivity contribution >= 4 is 15.7 Å². The Balaban J connectivity index is 2.59. The van der Waals surface area contributed by atoms with Crippen molar-refractivity contribution in [2.45, 2.75) is 18.1 Å². The van der Waals surface area contributed by atoms with Crippen molar-refractivity contribution in [3.8, 4) is 5.75 Å². The van der Waals surface area contributed by atoms with Gasteiger partial charge in [0.1, 0.15) is 5.56 Å². The van der Waals surface area contributed by atoms with Crippen LogP contribution in [0.4, 0.5) is 26.3 Å². The van der Waals surface area contributed by atoms with E-state index in [2.05, 4.69) is 4.18 Å². The van der Waals surface area contributed by atoms with Gasteiger partial charge in [-0.2, -0.15) is 34.8 Å². The maximum Gasteiger partial charge on any atom is 0.534 e. The summed E-state index contributed by atoms with van der Waals surface area (Å²) in [4.78, 5) is 0. The Morgan fingerprint density at radius 3 is 2.17 bits per heavy atom.